The minimum Gasteiger partial charge on any atom is -0.466 e. The van der Waals surface area contributed by atoms with Crippen molar-refractivity contribution in [2.45, 2.75) is 52.3 Å². The predicted octanol–water partition coefficient (Wildman–Crippen LogP) is 6.06. The van der Waals surface area contributed by atoms with Crippen LogP contribution in [0.25, 0.3) is 0 Å². The van der Waals surface area contributed by atoms with Gasteiger partial charge in [-0.2, -0.15) is 0 Å². The minimum atomic E-state index is -0.330. The van der Waals surface area contributed by atoms with Crippen molar-refractivity contribution in [3.8, 4) is 0 Å². The van der Waals surface area contributed by atoms with E-state index in [4.69, 9.17) is 0 Å². The summed E-state index contributed by atoms with van der Waals surface area (Å²) in [5, 5.41) is 0. The van der Waals surface area contributed by atoms with Crippen molar-refractivity contribution in [2.75, 3.05) is 7.11 Å². The van der Waals surface area contributed by atoms with Crippen LogP contribution in [0.4, 0.5) is 0 Å². The quantitative estimate of drug-likeness (QED) is 0.245. The summed E-state index contributed by atoms with van der Waals surface area (Å²) < 4.78 is 4.61. The molecule has 3 heteroatoms. The van der Waals surface area contributed by atoms with Crippen molar-refractivity contribution < 1.29 is 9.53 Å². The molecule has 0 saturated carbocycles. The van der Waals surface area contributed by atoms with Crippen molar-refractivity contribution in [3.63, 3.8) is 0 Å². The number of carbonyl (C=O) groups excluding carboxylic acids is 1. The Balaban J connectivity index is 2.84. The summed E-state index contributed by atoms with van der Waals surface area (Å²) in [5.41, 5.74) is 5.12. The molecule has 0 aromatic heterocycles. The highest BCUT2D eigenvalue weighted by molar-refractivity contribution is 9.09. The Morgan fingerprint density at radius 3 is 2.54 bits per heavy atom. The molecule has 24 heavy (non-hydrogen) atoms. The number of halogens is 1. The van der Waals surface area contributed by atoms with E-state index in [2.05, 4.69) is 60.5 Å². The SMILES string of the molecule is COC(=O)/C=C(C)/C=C/C=C(C)/C=C/C1=C(C)C(Br)CCC1(C)C. The van der Waals surface area contributed by atoms with E-state index in [1.54, 1.807) is 0 Å². The summed E-state index contributed by atoms with van der Waals surface area (Å²) in [4.78, 5) is 11.6. The van der Waals surface area contributed by atoms with Crippen LogP contribution in [-0.2, 0) is 9.53 Å². The Bertz CT molecular complexity index is 616. The van der Waals surface area contributed by atoms with Crippen molar-refractivity contribution in [2.24, 2.45) is 5.41 Å². The molecule has 1 aliphatic rings. The maximum absolute atomic E-state index is 11.1. The molecule has 132 valence electrons. The largest absolute Gasteiger partial charge is 0.466 e. The van der Waals surface area contributed by atoms with Crippen LogP contribution >= 0.6 is 15.9 Å². The van der Waals surface area contributed by atoms with Crippen LogP contribution in [0.1, 0.15) is 47.5 Å². The first kappa shape index (κ1) is 20.7. The molecule has 0 amide bonds. The van der Waals surface area contributed by atoms with Crippen LogP contribution in [0, 0.1) is 5.41 Å². The van der Waals surface area contributed by atoms with Crippen LogP contribution in [0.3, 0.4) is 0 Å². The van der Waals surface area contributed by atoms with Gasteiger partial charge in [-0.25, -0.2) is 4.79 Å². The summed E-state index contributed by atoms with van der Waals surface area (Å²) in [6.45, 7) is 10.8. The lowest BCUT2D eigenvalue weighted by Gasteiger charge is -2.35. The Hall–Kier alpha value is -1.35. The maximum atomic E-state index is 11.1. The number of hydrogen-bond acceptors (Lipinski definition) is 2. The molecule has 0 spiro atoms. The Kier molecular flexibility index (Phi) is 7.95. The van der Waals surface area contributed by atoms with Gasteiger partial charge < -0.3 is 4.74 Å². The average molecular weight is 393 g/mol. The molecule has 0 N–H and O–H groups in total. The third-order valence-corrected chi connectivity index (χ3v) is 5.57. The van der Waals surface area contributed by atoms with E-state index in [1.165, 1.54) is 42.7 Å². The molecule has 0 aliphatic heterocycles. The van der Waals surface area contributed by atoms with Gasteiger partial charge in [-0.05, 0) is 50.2 Å². The minimum absolute atomic E-state index is 0.223. The standard InChI is InChI=1S/C21H29BrO2/c1-15(8-7-9-16(2)14-20(23)24-6)10-11-18-17(3)19(22)12-13-21(18,4)5/h7-11,14,19H,12-13H2,1-6H3/b9-7+,11-10+,15-8+,16-14+. The van der Waals surface area contributed by atoms with Crippen molar-refractivity contribution in [1.82, 2.24) is 0 Å². The highest BCUT2D eigenvalue weighted by Gasteiger charge is 2.30. The van der Waals surface area contributed by atoms with E-state index < -0.39 is 0 Å². The number of ether oxygens (including phenoxy) is 1. The molecule has 1 atom stereocenters. The Morgan fingerprint density at radius 1 is 1.25 bits per heavy atom. The van der Waals surface area contributed by atoms with E-state index in [9.17, 15) is 4.79 Å². The molecule has 2 nitrogen and oxygen atoms in total. The smallest absolute Gasteiger partial charge is 0.330 e. The fourth-order valence-electron chi connectivity index (χ4n) is 2.81. The number of hydrogen-bond donors (Lipinski definition) is 0. The number of alkyl halides is 1. The molecule has 1 rings (SSSR count). The number of carbonyl (C=O) groups is 1. The first-order chi connectivity index (χ1) is 11.2. The second kappa shape index (κ2) is 9.22. The Morgan fingerprint density at radius 2 is 1.92 bits per heavy atom. The van der Waals surface area contributed by atoms with Gasteiger partial charge in [-0.3, -0.25) is 0 Å². The number of methoxy groups -OCH3 is 1. The topological polar surface area (TPSA) is 26.3 Å². The van der Waals surface area contributed by atoms with Gasteiger partial charge in [0.25, 0.3) is 0 Å². The molecule has 0 saturated heterocycles. The van der Waals surface area contributed by atoms with Gasteiger partial charge in [0.2, 0.25) is 0 Å². The van der Waals surface area contributed by atoms with Crippen LogP contribution in [-0.4, -0.2) is 17.9 Å². The Labute approximate surface area is 155 Å². The zero-order valence-electron chi connectivity index (χ0n) is 15.7. The molecule has 0 heterocycles. The predicted molar refractivity (Wildman–Crippen MR) is 106 cm³/mol. The molecule has 1 unspecified atom stereocenters. The third kappa shape index (κ3) is 6.27. The second-order valence-electron chi connectivity index (χ2n) is 7.00. The summed E-state index contributed by atoms with van der Waals surface area (Å²) in [6.07, 6.45) is 14.2. The van der Waals surface area contributed by atoms with Gasteiger partial charge in [0.05, 0.1) is 7.11 Å². The van der Waals surface area contributed by atoms with Crippen molar-refractivity contribution >= 4 is 21.9 Å². The first-order valence-corrected chi connectivity index (χ1v) is 9.23. The maximum Gasteiger partial charge on any atom is 0.330 e. The van der Waals surface area contributed by atoms with Gasteiger partial charge in [0, 0.05) is 10.9 Å². The highest BCUT2D eigenvalue weighted by Crippen LogP contribution is 2.43. The summed E-state index contributed by atoms with van der Waals surface area (Å²) in [5.74, 6) is -0.330. The monoisotopic (exact) mass is 392 g/mol. The lowest BCUT2D eigenvalue weighted by Crippen LogP contribution is -2.24. The number of allylic oxidation sites excluding steroid dienone is 9. The zero-order valence-corrected chi connectivity index (χ0v) is 17.2. The molecular formula is C21H29BrO2. The second-order valence-corrected chi connectivity index (χ2v) is 8.11. The lowest BCUT2D eigenvalue weighted by atomic mass is 9.72. The fourth-order valence-corrected chi connectivity index (χ4v) is 3.29. The molecule has 0 radical (unpaired) electrons. The summed E-state index contributed by atoms with van der Waals surface area (Å²) in [6, 6.07) is 0. The third-order valence-electron chi connectivity index (χ3n) is 4.42. The van der Waals surface area contributed by atoms with Crippen LogP contribution < -0.4 is 0 Å². The van der Waals surface area contributed by atoms with E-state index in [1.807, 2.05) is 25.2 Å². The number of esters is 1. The van der Waals surface area contributed by atoms with E-state index in [-0.39, 0.29) is 11.4 Å². The van der Waals surface area contributed by atoms with Crippen LogP contribution in [0.2, 0.25) is 0 Å². The summed E-state index contributed by atoms with van der Waals surface area (Å²) in [7, 11) is 1.38. The molecule has 0 fully saturated rings. The van der Waals surface area contributed by atoms with Gasteiger partial charge in [-0.15, -0.1) is 0 Å². The van der Waals surface area contributed by atoms with Gasteiger partial charge in [0.1, 0.15) is 0 Å². The zero-order chi connectivity index (χ0) is 18.3. The molecule has 1 aliphatic carbocycles. The normalized spacial score (nSPS) is 22.5. The van der Waals surface area contributed by atoms with Gasteiger partial charge in [0.15, 0.2) is 0 Å². The number of rotatable bonds is 5. The molecule has 0 bridgehead atoms. The van der Waals surface area contributed by atoms with Gasteiger partial charge in [-0.1, -0.05) is 71.3 Å². The summed E-state index contributed by atoms with van der Waals surface area (Å²) >= 11 is 3.77. The van der Waals surface area contributed by atoms with Crippen molar-refractivity contribution in [1.29, 1.82) is 0 Å². The van der Waals surface area contributed by atoms with E-state index >= 15 is 0 Å². The molecule has 0 aromatic rings. The lowest BCUT2D eigenvalue weighted by molar-refractivity contribution is -0.134. The first-order valence-electron chi connectivity index (χ1n) is 8.32. The van der Waals surface area contributed by atoms with Crippen LogP contribution in [0.5, 0.6) is 0 Å². The average Bonchev–Trinajstić information content (AvgIpc) is 2.51. The van der Waals surface area contributed by atoms with Gasteiger partial charge >= 0.3 is 5.97 Å². The van der Waals surface area contributed by atoms with E-state index in [0.29, 0.717) is 4.83 Å². The highest BCUT2D eigenvalue weighted by atomic mass is 79.9. The van der Waals surface area contributed by atoms with Crippen molar-refractivity contribution in [3.05, 3.63) is 58.7 Å². The van der Waals surface area contributed by atoms with Crippen LogP contribution in [0.15, 0.2) is 58.7 Å². The molecule has 0 aromatic carbocycles. The van der Waals surface area contributed by atoms with E-state index in [0.717, 1.165) is 5.57 Å². The fraction of sp³-hybridized carbons (Fsp3) is 0.476. The molecular weight excluding hydrogens is 364 g/mol.